The molecule has 0 radical (unpaired) electrons. The van der Waals surface area contributed by atoms with Crippen LogP contribution in [0.3, 0.4) is 0 Å². The van der Waals surface area contributed by atoms with E-state index in [1.54, 1.807) is 0 Å². The lowest BCUT2D eigenvalue weighted by atomic mass is 9.67. The Labute approximate surface area is 192 Å². The van der Waals surface area contributed by atoms with E-state index in [0.717, 1.165) is 44.9 Å². The van der Waals surface area contributed by atoms with Crippen LogP contribution in [0.25, 0.3) is 0 Å². The summed E-state index contributed by atoms with van der Waals surface area (Å²) in [5, 5.41) is 20.5. The number of nitrogens with zero attached hydrogens (tertiary/aromatic N) is 4. The maximum absolute atomic E-state index is 13.6. The molecule has 0 atom stereocenters. The van der Waals surface area contributed by atoms with E-state index >= 15 is 0 Å². The molecule has 1 aromatic rings. The van der Waals surface area contributed by atoms with Crippen LogP contribution in [0.5, 0.6) is 0 Å². The molecule has 6 nitrogen and oxygen atoms in total. The smallest absolute Gasteiger partial charge is 0.320 e. The van der Waals surface area contributed by atoms with Crippen molar-refractivity contribution >= 4 is 6.03 Å². The number of carbonyl (C=O) groups excluding carboxylic acids is 1. The topological polar surface area (TPSA) is 70.8 Å². The summed E-state index contributed by atoms with van der Waals surface area (Å²) in [5.41, 5.74) is -0.336. The van der Waals surface area contributed by atoms with Gasteiger partial charge in [-0.3, -0.25) is 4.90 Å². The molecular formula is C26H38N4O2. The van der Waals surface area contributed by atoms with Crippen LogP contribution in [0.1, 0.15) is 64.4 Å². The Morgan fingerprint density at radius 3 is 2.22 bits per heavy atom. The van der Waals surface area contributed by atoms with Crippen LogP contribution in [-0.4, -0.2) is 70.7 Å². The molecule has 174 valence electrons. The monoisotopic (exact) mass is 438 g/mol. The summed E-state index contributed by atoms with van der Waals surface area (Å²) < 4.78 is 0. The summed E-state index contributed by atoms with van der Waals surface area (Å²) in [7, 11) is 4.31. The van der Waals surface area contributed by atoms with Crippen molar-refractivity contribution in [3.8, 4) is 6.07 Å². The molecule has 0 unspecified atom stereocenters. The van der Waals surface area contributed by atoms with E-state index in [1.807, 2.05) is 23.6 Å². The molecule has 32 heavy (non-hydrogen) atoms. The van der Waals surface area contributed by atoms with Crippen LogP contribution < -0.4 is 0 Å². The molecule has 1 aromatic carbocycles. The van der Waals surface area contributed by atoms with Gasteiger partial charge < -0.3 is 14.9 Å². The van der Waals surface area contributed by atoms with Gasteiger partial charge in [-0.15, -0.1) is 0 Å². The van der Waals surface area contributed by atoms with E-state index in [-0.39, 0.29) is 17.1 Å². The molecule has 6 heteroatoms. The fourth-order valence-corrected chi connectivity index (χ4v) is 6.09. The van der Waals surface area contributed by atoms with E-state index in [2.05, 4.69) is 55.4 Å². The fraction of sp³-hybridized carbons (Fsp3) is 0.692. The van der Waals surface area contributed by atoms with Crippen LogP contribution in [0.4, 0.5) is 4.79 Å². The number of hydrogen-bond donors (Lipinski definition) is 1. The number of amides is 2. The zero-order valence-corrected chi connectivity index (χ0v) is 20.1. The van der Waals surface area contributed by atoms with Gasteiger partial charge in [-0.1, -0.05) is 30.3 Å². The lowest BCUT2D eigenvalue weighted by Gasteiger charge is -2.52. The van der Waals surface area contributed by atoms with Crippen LogP contribution >= 0.6 is 0 Å². The maximum atomic E-state index is 13.6. The number of β-amino-alcohol motifs (C(OH)–C–C–N with tert-alkyl or cyclic N) is 1. The number of nitriles is 1. The molecule has 2 aliphatic carbocycles. The molecule has 0 bridgehead atoms. The molecule has 0 aromatic heterocycles. The molecule has 2 saturated carbocycles. The predicted octanol–water partition coefficient (Wildman–Crippen LogP) is 3.96. The van der Waals surface area contributed by atoms with Gasteiger partial charge in [-0.25, -0.2) is 4.79 Å². The Morgan fingerprint density at radius 1 is 1.09 bits per heavy atom. The van der Waals surface area contributed by atoms with Gasteiger partial charge in [-0.05, 0) is 78.5 Å². The normalized spacial score (nSPS) is 30.0. The highest BCUT2D eigenvalue weighted by Crippen LogP contribution is 2.50. The van der Waals surface area contributed by atoms with Crippen LogP contribution in [0, 0.1) is 16.7 Å². The van der Waals surface area contributed by atoms with E-state index in [4.69, 9.17) is 0 Å². The standard InChI is InChI=1S/C26H38N4O2/c1-23(2,17-27)18-29-19-24(30(22(29)31)20-25(32)11-8-12-25)13-15-26(16-14-24,28(3)4)21-9-6-5-7-10-21/h5-7,9-10,32H,8,11-16,18-20H2,1-4H3/t24-,26-. The molecule has 1 saturated heterocycles. The third kappa shape index (κ3) is 3.91. The van der Waals surface area contributed by atoms with Gasteiger partial charge in [0.15, 0.2) is 0 Å². The Balaban J connectivity index is 1.62. The Hall–Kier alpha value is -2.10. The first-order valence-corrected chi connectivity index (χ1v) is 12.0. The summed E-state index contributed by atoms with van der Waals surface area (Å²) in [6, 6.07) is 13.0. The molecule has 2 amide bonds. The minimum absolute atomic E-state index is 0.00860. The molecular weight excluding hydrogens is 400 g/mol. The second-order valence-corrected chi connectivity index (χ2v) is 11.3. The first kappa shape index (κ1) is 23.1. The average Bonchev–Trinajstić information content (AvgIpc) is 2.98. The largest absolute Gasteiger partial charge is 0.388 e. The van der Waals surface area contributed by atoms with Crippen molar-refractivity contribution in [2.24, 2.45) is 5.41 Å². The van der Waals surface area contributed by atoms with Crippen molar-refractivity contribution in [2.45, 2.75) is 75.5 Å². The van der Waals surface area contributed by atoms with Crippen molar-refractivity contribution in [1.29, 1.82) is 5.26 Å². The third-order valence-corrected chi connectivity index (χ3v) is 8.36. The summed E-state index contributed by atoms with van der Waals surface area (Å²) in [5.74, 6) is 0. The number of aliphatic hydroxyl groups is 1. The zero-order valence-electron chi connectivity index (χ0n) is 20.1. The summed E-state index contributed by atoms with van der Waals surface area (Å²) in [6.45, 7) is 5.27. The van der Waals surface area contributed by atoms with Crippen LogP contribution in [-0.2, 0) is 5.54 Å². The van der Waals surface area contributed by atoms with Gasteiger partial charge >= 0.3 is 6.03 Å². The Morgan fingerprint density at radius 2 is 1.72 bits per heavy atom. The SMILES string of the molecule is CN(C)[C@]1(c2ccccc2)CC[C@@]2(CC1)CN(CC(C)(C)C#N)C(=O)N2CC1(O)CCC1. The van der Waals surface area contributed by atoms with Crippen molar-refractivity contribution < 1.29 is 9.90 Å². The summed E-state index contributed by atoms with van der Waals surface area (Å²) in [6.07, 6.45) is 6.26. The van der Waals surface area contributed by atoms with E-state index in [0.29, 0.717) is 19.6 Å². The minimum Gasteiger partial charge on any atom is -0.388 e. The first-order chi connectivity index (χ1) is 15.0. The van der Waals surface area contributed by atoms with Gasteiger partial charge in [0, 0.05) is 18.6 Å². The van der Waals surface area contributed by atoms with Crippen LogP contribution in [0.2, 0.25) is 0 Å². The third-order valence-electron chi connectivity index (χ3n) is 8.36. The first-order valence-electron chi connectivity index (χ1n) is 12.0. The molecule has 1 spiro atoms. The highest BCUT2D eigenvalue weighted by atomic mass is 16.3. The van der Waals surface area contributed by atoms with Gasteiger partial charge in [0.2, 0.25) is 0 Å². The van der Waals surface area contributed by atoms with E-state index in [9.17, 15) is 15.2 Å². The van der Waals surface area contributed by atoms with Crippen molar-refractivity contribution in [3.63, 3.8) is 0 Å². The summed E-state index contributed by atoms with van der Waals surface area (Å²) in [4.78, 5) is 19.8. The lowest BCUT2D eigenvalue weighted by molar-refractivity contribution is -0.0725. The fourth-order valence-electron chi connectivity index (χ4n) is 6.09. The molecule has 1 N–H and O–H groups in total. The Kier molecular flexibility index (Phi) is 5.80. The quantitative estimate of drug-likeness (QED) is 0.730. The molecule has 4 rings (SSSR count). The summed E-state index contributed by atoms with van der Waals surface area (Å²) >= 11 is 0. The van der Waals surface area contributed by atoms with Gasteiger partial charge in [0.05, 0.1) is 29.2 Å². The van der Waals surface area contributed by atoms with E-state index < -0.39 is 11.0 Å². The minimum atomic E-state index is -0.751. The van der Waals surface area contributed by atoms with Gasteiger partial charge in [0.1, 0.15) is 0 Å². The molecule has 3 fully saturated rings. The maximum Gasteiger partial charge on any atom is 0.320 e. The number of benzene rings is 1. The van der Waals surface area contributed by atoms with Crippen molar-refractivity contribution in [1.82, 2.24) is 14.7 Å². The average molecular weight is 439 g/mol. The molecule has 3 aliphatic rings. The lowest BCUT2D eigenvalue weighted by Crippen LogP contribution is -2.59. The highest BCUT2D eigenvalue weighted by molar-refractivity contribution is 5.78. The molecule has 1 heterocycles. The van der Waals surface area contributed by atoms with Crippen molar-refractivity contribution in [2.75, 3.05) is 33.7 Å². The second kappa shape index (κ2) is 8.04. The predicted molar refractivity (Wildman–Crippen MR) is 125 cm³/mol. The van der Waals surface area contributed by atoms with Crippen molar-refractivity contribution in [3.05, 3.63) is 35.9 Å². The zero-order chi connectivity index (χ0) is 23.2. The second-order valence-electron chi connectivity index (χ2n) is 11.3. The van der Waals surface area contributed by atoms with E-state index in [1.165, 1.54) is 5.56 Å². The van der Waals surface area contributed by atoms with Crippen LogP contribution in [0.15, 0.2) is 30.3 Å². The number of urea groups is 1. The van der Waals surface area contributed by atoms with Gasteiger partial charge in [0.25, 0.3) is 0 Å². The number of rotatable bonds is 6. The van der Waals surface area contributed by atoms with Gasteiger partial charge in [-0.2, -0.15) is 5.26 Å². The molecule has 1 aliphatic heterocycles. The Bertz CT molecular complexity index is 877. The number of carbonyl (C=O) groups is 1. The highest BCUT2D eigenvalue weighted by Gasteiger charge is 2.56. The number of hydrogen-bond acceptors (Lipinski definition) is 4.